The zero-order valence-electron chi connectivity index (χ0n) is 16.2. The minimum absolute atomic E-state index is 0.0781. The summed E-state index contributed by atoms with van der Waals surface area (Å²) in [4.78, 5) is 34.5. The van der Waals surface area contributed by atoms with Crippen molar-refractivity contribution in [3.05, 3.63) is 98.5 Å². The van der Waals surface area contributed by atoms with Gasteiger partial charge in [0.1, 0.15) is 11.6 Å². The molecule has 1 aliphatic heterocycles. The van der Waals surface area contributed by atoms with Crippen LogP contribution in [0.25, 0.3) is 0 Å². The molecule has 1 aliphatic rings. The first kappa shape index (κ1) is 19.1. The number of benzene rings is 2. The minimum atomic E-state index is -0.327. The van der Waals surface area contributed by atoms with Crippen LogP contribution in [0.15, 0.2) is 53.3 Å². The smallest absolute Gasteiger partial charge is 0.256 e. The van der Waals surface area contributed by atoms with Crippen molar-refractivity contribution in [3.63, 3.8) is 0 Å². The Balaban J connectivity index is 1.49. The quantitative estimate of drug-likeness (QED) is 0.744. The molecule has 3 aromatic rings. The monoisotopic (exact) mass is 391 g/mol. The molecule has 0 saturated carbocycles. The Morgan fingerprint density at radius 1 is 1.17 bits per heavy atom. The lowest BCUT2D eigenvalue weighted by Crippen LogP contribution is -2.40. The van der Waals surface area contributed by atoms with E-state index in [-0.39, 0.29) is 30.2 Å². The number of nitrogens with one attached hydrogen (secondary N) is 1. The Morgan fingerprint density at radius 2 is 1.93 bits per heavy atom. The first-order chi connectivity index (χ1) is 14.0. The number of aryl methyl sites for hydroxylation is 1. The van der Waals surface area contributed by atoms with Gasteiger partial charge < -0.3 is 9.88 Å². The number of hydrogen-bond donors (Lipinski definition) is 1. The molecule has 0 unspecified atom stereocenters. The van der Waals surface area contributed by atoms with E-state index in [9.17, 15) is 14.0 Å². The highest BCUT2D eigenvalue weighted by molar-refractivity contribution is 5.79. The Labute approximate surface area is 168 Å². The number of aromatic amines is 1. The molecule has 0 atom stereocenters. The Hall–Kier alpha value is -3.28. The highest BCUT2D eigenvalue weighted by Crippen LogP contribution is 2.17. The van der Waals surface area contributed by atoms with E-state index in [1.807, 2.05) is 31.2 Å². The highest BCUT2D eigenvalue weighted by atomic mass is 19.1. The molecule has 1 aromatic heterocycles. The van der Waals surface area contributed by atoms with Gasteiger partial charge in [-0.25, -0.2) is 9.37 Å². The van der Waals surface area contributed by atoms with Crippen molar-refractivity contribution in [1.82, 2.24) is 14.9 Å². The number of carbonyl (C=O) groups excluding carboxylic acids is 1. The molecule has 0 saturated heterocycles. The van der Waals surface area contributed by atoms with Crippen LogP contribution in [0.5, 0.6) is 0 Å². The van der Waals surface area contributed by atoms with Gasteiger partial charge in [-0.3, -0.25) is 9.59 Å². The normalized spacial score (nSPS) is 13.2. The van der Waals surface area contributed by atoms with Gasteiger partial charge in [0.05, 0.1) is 24.2 Å². The van der Waals surface area contributed by atoms with Crippen LogP contribution < -0.4 is 5.56 Å². The van der Waals surface area contributed by atoms with E-state index in [0.717, 1.165) is 22.4 Å². The zero-order valence-corrected chi connectivity index (χ0v) is 16.2. The van der Waals surface area contributed by atoms with Gasteiger partial charge in [0, 0.05) is 19.4 Å². The number of fused-ring (bicyclic) bond motifs is 1. The van der Waals surface area contributed by atoms with Crippen molar-refractivity contribution < 1.29 is 9.18 Å². The number of H-pyrrole nitrogens is 1. The van der Waals surface area contributed by atoms with Crippen LogP contribution in [0.4, 0.5) is 4.39 Å². The average molecular weight is 391 g/mol. The second-order valence-corrected chi connectivity index (χ2v) is 7.41. The summed E-state index contributed by atoms with van der Waals surface area (Å²) in [6.45, 7) is 2.81. The molecule has 0 fully saturated rings. The molecule has 1 amide bonds. The maximum atomic E-state index is 13.0. The summed E-state index contributed by atoms with van der Waals surface area (Å²) in [6, 6.07) is 13.9. The van der Waals surface area contributed by atoms with E-state index in [2.05, 4.69) is 9.97 Å². The van der Waals surface area contributed by atoms with Crippen LogP contribution in [0.2, 0.25) is 0 Å². The summed E-state index contributed by atoms with van der Waals surface area (Å²) in [5, 5.41) is 0. The fraction of sp³-hybridized carbons (Fsp3) is 0.261. The van der Waals surface area contributed by atoms with Gasteiger partial charge in [0.25, 0.3) is 5.56 Å². The van der Waals surface area contributed by atoms with Crippen molar-refractivity contribution in [1.29, 1.82) is 0 Å². The van der Waals surface area contributed by atoms with Gasteiger partial charge in [-0.05, 0) is 35.7 Å². The molecule has 1 N–H and O–H groups in total. The summed E-state index contributed by atoms with van der Waals surface area (Å²) in [5.41, 5.74) is 4.18. The first-order valence-corrected chi connectivity index (χ1v) is 9.67. The third-order valence-corrected chi connectivity index (χ3v) is 5.36. The van der Waals surface area contributed by atoms with Crippen LogP contribution in [-0.4, -0.2) is 27.3 Å². The zero-order chi connectivity index (χ0) is 20.4. The van der Waals surface area contributed by atoms with Crippen LogP contribution in [0.1, 0.15) is 33.8 Å². The van der Waals surface area contributed by atoms with E-state index < -0.39 is 0 Å². The van der Waals surface area contributed by atoms with Crippen LogP contribution in [-0.2, 0) is 30.6 Å². The molecule has 29 heavy (non-hydrogen) atoms. The second-order valence-electron chi connectivity index (χ2n) is 7.41. The minimum Gasteiger partial charge on any atom is -0.337 e. The Bertz CT molecular complexity index is 1110. The molecule has 4 rings (SSSR count). The molecule has 0 radical (unpaired) electrons. The van der Waals surface area contributed by atoms with Gasteiger partial charge in [0.15, 0.2) is 0 Å². The number of rotatable bonds is 4. The second kappa shape index (κ2) is 7.99. The molecule has 0 bridgehead atoms. The lowest BCUT2D eigenvalue weighted by molar-refractivity contribution is -0.131. The van der Waals surface area contributed by atoms with Crippen LogP contribution in [0.3, 0.4) is 0 Å². The van der Waals surface area contributed by atoms with Crippen LogP contribution >= 0.6 is 0 Å². The third kappa shape index (κ3) is 4.26. The third-order valence-electron chi connectivity index (χ3n) is 5.36. The molecule has 6 heteroatoms. The van der Waals surface area contributed by atoms with Crippen molar-refractivity contribution in [2.45, 2.75) is 32.7 Å². The molecule has 0 spiro atoms. The Kier molecular flexibility index (Phi) is 5.25. The van der Waals surface area contributed by atoms with E-state index in [4.69, 9.17) is 0 Å². The predicted octanol–water partition coefficient (Wildman–Crippen LogP) is 2.94. The summed E-state index contributed by atoms with van der Waals surface area (Å²) >= 11 is 0. The molecule has 5 nitrogen and oxygen atoms in total. The van der Waals surface area contributed by atoms with E-state index in [1.54, 1.807) is 17.0 Å². The van der Waals surface area contributed by atoms with E-state index in [1.165, 1.54) is 12.1 Å². The number of nitrogens with zero attached hydrogens (tertiary/aromatic N) is 2. The number of halogens is 1. The molecule has 2 aromatic carbocycles. The average Bonchev–Trinajstić information content (AvgIpc) is 2.71. The van der Waals surface area contributed by atoms with Gasteiger partial charge in [-0.15, -0.1) is 0 Å². The lowest BCUT2D eigenvalue weighted by Gasteiger charge is -2.28. The standard InChI is InChI=1S/C23H22FN3O2/c1-15-4-2-3-5-17(15)13-21-25-20-10-11-27(14-19(20)23(29)26-21)22(28)12-16-6-8-18(24)9-7-16/h2-9H,10-14H2,1H3,(H,25,26,29). The van der Waals surface area contributed by atoms with E-state index >= 15 is 0 Å². The largest absolute Gasteiger partial charge is 0.337 e. The molecule has 2 heterocycles. The van der Waals surface area contributed by atoms with Crippen molar-refractivity contribution in [2.24, 2.45) is 0 Å². The number of carbonyl (C=O) groups is 1. The molecular formula is C23H22FN3O2. The Morgan fingerprint density at radius 3 is 2.69 bits per heavy atom. The fourth-order valence-electron chi connectivity index (χ4n) is 3.65. The number of aromatic nitrogens is 2. The van der Waals surface area contributed by atoms with Crippen molar-refractivity contribution in [2.75, 3.05) is 6.54 Å². The van der Waals surface area contributed by atoms with Gasteiger partial charge in [-0.1, -0.05) is 36.4 Å². The molecule has 148 valence electrons. The van der Waals surface area contributed by atoms with E-state index in [0.29, 0.717) is 30.8 Å². The number of amides is 1. The molecular weight excluding hydrogens is 369 g/mol. The maximum absolute atomic E-state index is 13.0. The predicted molar refractivity (Wildman–Crippen MR) is 108 cm³/mol. The summed E-state index contributed by atoms with van der Waals surface area (Å²) in [6.07, 6.45) is 1.31. The highest BCUT2D eigenvalue weighted by Gasteiger charge is 2.24. The van der Waals surface area contributed by atoms with Crippen molar-refractivity contribution in [3.8, 4) is 0 Å². The maximum Gasteiger partial charge on any atom is 0.256 e. The lowest BCUT2D eigenvalue weighted by atomic mass is 10.0. The van der Waals surface area contributed by atoms with Crippen LogP contribution in [0, 0.1) is 12.7 Å². The SMILES string of the molecule is Cc1ccccc1Cc1nc2c(c(=O)[nH]1)CN(C(=O)Cc1ccc(F)cc1)CC2. The van der Waals surface area contributed by atoms with Crippen molar-refractivity contribution >= 4 is 5.91 Å². The summed E-state index contributed by atoms with van der Waals surface area (Å²) in [7, 11) is 0. The molecule has 0 aliphatic carbocycles. The number of hydrogen-bond acceptors (Lipinski definition) is 3. The fourth-order valence-corrected chi connectivity index (χ4v) is 3.65. The van der Waals surface area contributed by atoms with Gasteiger partial charge >= 0.3 is 0 Å². The summed E-state index contributed by atoms with van der Waals surface area (Å²) < 4.78 is 13.0. The van der Waals surface area contributed by atoms with Gasteiger partial charge in [-0.2, -0.15) is 0 Å². The topological polar surface area (TPSA) is 66.1 Å². The summed E-state index contributed by atoms with van der Waals surface area (Å²) in [5.74, 6) is 0.243. The first-order valence-electron chi connectivity index (χ1n) is 9.67. The van der Waals surface area contributed by atoms with Gasteiger partial charge in [0.2, 0.25) is 5.91 Å².